The van der Waals surface area contributed by atoms with Crippen molar-refractivity contribution in [2.75, 3.05) is 33.9 Å². The minimum Gasteiger partial charge on any atom is -0.493 e. The Bertz CT molecular complexity index is 827. The summed E-state index contributed by atoms with van der Waals surface area (Å²) in [6.45, 7) is 1.03. The number of hydrogen-bond acceptors (Lipinski definition) is 5. The van der Waals surface area contributed by atoms with Gasteiger partial charge in [-0.3, -0.25) is 14.5 Å². The van der Waals surface area contributed by atoms with E-state index >= 15 is 0 Å². The summed E-state index contributed by atoms with van der Waals surface area (Å²) in [5.74, 6) is 0.679. The fourth-order valence-corrected chi connectivity index (χ4v) is 3.14. The second kappa shape index (κ2) is 11.4. The van der Waals surface area contributed by atoms with E-state index in [-0.39, 0.29) is 19.0 Å². The van der Waals surface area contributed by atoms with Gasteiger partial charge in [-0.2, -0.15) is 0 Å². The van der Waals surface area contributed by atoms with Crippen LogP contribution in [0.2, 0.25) is 0 Å². The molecule has 0 saturated carbocycles. The minimum absolute atomic E-state index is 0.0131. The summed E-state index contributed by atoms with van der Waals surface area (Å²) in [6.07, 6.45) is 0.647. The van der Waals surface area contributed by atoms with Gasteiger partial charge >= 0.3 is 0 Å². The van der Waals surface area contributed by atoms with Gasteiger partial charge in [-0.05, 0) is 41.8 Å². The minimum atomic E-state index is -0.472. The van der Waals surface area contributed by atoms with Crippen molar-refractivity contribution in [2.24, 2.45) is 5.73 Å². The van der Waals surface area contributed by atoms with E-state index in [1.165, 1.54) is 0 Å². The molecule has 0 radical (unpaired) electrons. The topological polar surface area (TPSA) is 93.9 Å². The normalized spacial score (nSPS) is 10.6. The van der Waals surface area contributed by atoms with Crippen molar-refractivity contribution >= 4 is 27.7 Å². The molecule has 7 nitrogen and oxygen atoms in total. The molecule has 0 aliphatic rings. The van der Waals surface area contributed by atoms with Gasteiger partial charge in [-0.15, -0.1) is 0 Å². The zero-order valence-corrected chi connectivity index (χ0v) is 18.2. The number of primary amides is 1. The molecule has 0 unspecified atom stereocenters. The molecule has 0 aromatic heterocycles. The monoisotopic (exact) mass is 463 g/mol. The Morgan fingerprint density at radius 1 is 1.00 bits per heavy atom. The summed E-state index contributed by atoms with van der Waals surface area (Å²) in [6, 6.07) is 13.4. The maximum Gasteiger partial charge on any atom is 0.234 e. The predicted molar refractivity (Wildman–Crippen MR) is 115 cm³/mol. The first-order valence-corrected chi connectivity index (χ1v) is 9.93. The fraction of sp³-hybridized carbons (Fsp3) is 0.333. The van der Waals surface area contributed by atoms with Gasteiger partial charge in [0, 0.05) is 17.6 Å². The molecule has 3 N–H and O–H groups in total. The number of carbonyl (C=O) groups excluding carboxylic acids is 2. The van der Waals surface area contributed by atoms with Crippen LogP contribution in [0, 0.1) is 0 Å². The van der Waals surface area contributed by atoms with Crippen LogP contribution in [0.1, 0.15) is 11.1 Å². The molecule has 0 fully saturated rings. The number of ether oxygens (including phenoxy) is 2. The van der Waals surface area contributed by atoms with Crippen molar-refractivity contribution in [1.29, 1.82) is 0 Å². The Labute approximate surface area is 179 Å². The van der Waals surface area contributed by atoms with Crippen molar-refractivity contribution in [3.8, 4) is 11.5 Å². The van der Waals surface area contributed by atoms with Crippen LogP contribution in [0.3, 0.4) is 0 Å². The summed E-state index contributed by atoms with van der Waals surface area (Å²) >= 11 is 3.39. The van der Waals surface area contributed by atoms with Crippen LogP contribution < -0.4 is 20.5 Å². The van der Waals surface area contributed by atoms with E-state index in [1.54, 1.807) is 19.1 Å². The van der Waals surface area contributed by atoms with Crippen LogP contribution in [0.4, 0.5) is 0 Å². The Balaban J connectivity index is 1.87. The lowest BCUT2D eigenvalue weighted by molar-refractivity contribution is -0.124. The number of nitrogens with one attached hydrogen (secondary N) is 1. The van der Waals surface area contributed by atoms with Crippen LogP contribution >= 0.6 is 15.9 Å². The molecular formula is C21H26BrN3O4. The maximum absolute atomic E-state index is 12.3. The number of nitrogens with zero attached hydrogens (tertiary/aromatic N) is 1. The van der Waals surface area contributed by atoms with Crippen LogP contribution in [0.25, 0.3) is 0 Å². The number of halogens is 1. The molecule has 2 rings (SSSR count). The van der Waals surface area contributed by atoms with E-state index in [4.69, 9.17) is 15.2 Å². The van der Waals surface area contributed by atoms with Crippen LogP contribution in [-0.4, -0.2) is 50.6 Å². The molecule has 0 heterocycles. The highest BCUT2D eigenvalue weighted by atomic mass is 79.9. The molecule has 2 aromatic rings. The van der Waals surface area contributed by atoms with E-state index in [1.807, 2.05) is 42.5 Å². The van der Waals surface area contributed by atoms with Crippen molar-refractivity contribution in [1.82, 2.24) is 10.2 Å². The number of carbonyl (C=O) groups is 2. The molecule has 0 atom stereocenters. The number of benzene rings is 2. The summed E-state index contributed by atoms with van der Waals surface area (Å²) in [5, 5.41) is 2.88. The lowest BCUT2D eigenvalue weighted by Gasteiger charge is -2.20. The molecule has 0 bridgehead atoms. The maximum atomic E-state index is 12.3. The van der Waals surface area contributed by atoms with E-state index < -0.39 is 5.91 Å². The van der Waals surface area contributed by atoms with Crippen LogP contribution in [0.5, 0.6) is 11.5 Å². The highest BCUT2D eigenvalue weighted by Crippen LogP contribution is 2.27. The van der Waals surface area contributed by atoms with Crippen molar-refractivity contribution in [3.05, 3.63) is 58.1 Å². The fourth-order valence-electron chi connectivity index (χ4n) is 2.88. The lowest BCUT2D eigenvalue weighted by atomic mass is 10.1. The Hall–Kier alpha value is -2.58. The van der Waals surface area contributed by atoms with Gasteiger partial charge in [-0.25, -0.2) is 0 Å². The third-order valence-corrected chi connectivity index (χ3v) is 4.78. The van der Waals surface area contributed by atoms with Crippen molar-refractivity contribution in [3.63, 3.8) is 0 Å². The second-order valence-corrected chi connectivity index (χ2v) is 7.44. The molecule has 0 spiro atoms. The van der Waals surface area contributed by atoms with Gasteiger partial charge in [0.25, 0.3) is 0 Å². The Kier molecular flexibility index (Phi) is 8.95. The number of amides is 2. The molecule has 29 heavy (non-hydrogen) atoms. The van der Waals surface area contributed by atoms with E-state index in [0.29, 0.717) is 31.0 Å². The summed E-state index contributed by atoms with van der Waals surface area (Å²) in [7, 11) is 3.17. The smallest absolute Gasteiger partial charge is 0.234 e. The Morgan fingerprint density at radius 3 is 2.28 bits per heavy atom. The van der Waals surface area contributed by atoms with E-state index in [0.717, 1.165) is 15.6 Å². The van der Waals surface area contributed by atoms with Crippen molar-refractivity contribution in [2.45, 2.75) is 13.0 Å². The molecule has 0 aliphatic heterocycles. The molecular weight excluding hydrogens is 438 g/mol. The average Bonchev–Trinajstić information content (AvgIpc) is 2.69. The number of methoxy groups -OCH3 is 2. The lowest BCUT2D eigenvalue weighted by Crippen LogP contribution is -2.41. The highest BCUT2D eigenvalue weighted by Gasteiger charge is 2.14. The quantitative estimate of drug-likeness (QED) is 0.532. The third kappa shape index (κ3) is 7.75. The average molecular weight is 464 g/mol. The zero-order chi connectivity index (χ0) is 21.2. The third-order valence-electron chi connectivity index (χ3n) is 4.25. The summed E-state index contributed by atoms with van der Waals surface area (Å²) < 4.78 is 11.5. The van der Waals surface area contributed by atoms with Gasteiger partial charge in [0.2, 0.25) is 11.8 Å². The van der Waals surface area contributed by atoms with E-state index in [9.17, 15) is 9.59 Å². The standard InChI is InChI=1S/C21H26BrN3O4/c1-28-18-8-5-15(11-19(18)29-2)9-10-24-21(27)14-25(13-20(23)26)12-16-3-6-17(22)7-4-16/h3-8,11H,9-10,12-14H2,1-2H3,(H2,23,26)(H,24,27). The first-order valence-electron chi connectivity index (χ1n) is 9.14. The van der Waals surface area contributed by atoms with Crippen molar-refractivity contribution < 1.29 is 19.1 Å². The SMILES string of the molecule is COc1ccc(CCNC(=O)CN(CC(N)=O)Cc2ccc(Br)cc2)cc1OC. The highest BCUT2D eigenvalue weighted by molar-refractivity contribution is 9.10. The predicted octanol–water partition coefficient (Wildman–Crippen LogP) is 2.11. The van der Waals surface area contributed by atoms with Gasteiger partial charge in [0.1, 0.15) is 0 Å². The molecule has 0 saturated heterocycles. The van der Waals surface area contributed by atoms with Gasteiger partial charge < -0.3 is 20.5 Å². The van der Waals surface area contributed by atoms with Crippen LogP contribution in [-0.2, 0) is 22.6 Å². The molecule has 8 heteroatoms. The molecule has 2 amide bonds. The second-order valence-electron chi connectivity index (χ2n) is 6.53. The number of hydrogen-bond donors (Lipinski definition) is 2. The first-order chi connectivity index (χ1) is 13.9. The largest absolute Gasteiger partial charge is 0.493 e. The number of nitrogens with two attached hydrogens (primary N) is 1. The van der Waals surface area contributed by atoms with Gasteiger partial charge in [0.05, 0.1) is 27.3 Å². The zero-order valence-electron chi connectivity index (χ0n) is 16.6. The van der Waals surface area contributed by atoms with E-state index in [2.05, 4.69) is 21.2 Å². The molecule has 156 valence electrons. The van der Waals surface area contributed by atoms with Gasteiger partial charge in [-0.1, -0.05) is 34.1 Å². The first kappa shape index (κ1) is 22.7. The molecule has 0 aliphatic carbocycles. The van der Waals surface area contributed by atoms with Crippen LogP contribution in [0.15, 0.2) is 46.9 Å². The summed E-state index contributed by atoms with van der Waals surface area (Å²) in [4.78, 5) is 25.4. The molecule has 2 aromatic carbocycles. The summed E-state index contributed by atoms with van der Waals surface area (Å²) in [5.41, 5.74) is 7.35. The van der Waals surface area contributed by atoms with Gasteiger partial charge in [0.15, 0.2) is 11.5 Å². The number of rotatable bonds is 11. The Morgan fingerprint density at radius 2 is 1.66 bits per heavy atom.